The van der Waals surface area contributed by atoms with Crippen LogP contribution in [0.2, 0.25) is 0 Å². The van der Waals surface area contributed by atoms with Crippen LogP contribution < -0.4 is 4.74 Å². The number of imidazole rings is 1. The Morgan fingerprint density at radius 1 is 1.16 bits per heavy atom. The fourth-order valence-corrected chi connectivity index (χ4v) is 8.13. The Morgan fingerprint density at radius 2 is 1.94 bits per heavy atom. The smallest absolute Gasteiger partial charge is 0.262 e. The van der Waals surface area contributed by atoms with Crippen LogP contribution in [0.5, 0.6) is 5.75 Å². The lowest BCUT2D eigenvalue weighted by atomic mass is 9.56. The van der Waals surface area contributed by atoms with Gasteiger partial charge in [0.2, 0.25) is 0 Å². The fourth-order valence-electron chi connectivity index (χ4n) is 6.46. The topological polar surface area (TPSA) is 81.5 Å². The molecule has 0 amide bonds. The van der Waals surface area contributed by atoms with E-state index in [0.717, 1.165) is 43.4 Å². The Labute approximate surface area is 189 Å². The minimum Gasteiger partial charge on any atom is -0.497 e. The predicted octanol–water partition coefficient (Wildman–Crippen LogP) is 3.06. The van der Waals surface area contributed by atoms with Gasteiger partial charge in [-0.25, -0.2) is 13.4 Å². The first kappa shape index (κ1) is 21.6. The number of benzene rings is 1. The van der Waals surface area contributed by atoms with E-state index in [9.17, 15) is 13.2 Å². The van der Waals surface area contributed by atoms with E-state index in [1.54, 1.807) is 29.2 Å². The van der Waals surface area contributed by atoms with Gasteiger partial charge in [-0.15, -0.1) is 0 Å². The number of methoxy groups -OCH3 is 1. The van der Waals surface area contributed by atoms with E-state index in [1.807, 2.05) is 24.3 Å². The molecule has 0 N–H and O–H groups in total. The summed E-state index contributed by atoms with van der Waals surface area (Å²) in [6, 6.07) is 7.92. The van der Waals surface area contributed by atoms with E-state index in [2.05, 4.69) is 4.98 Å². The molecule has 172 valence electrons. The Bertz CT molecular complexity index is 1090. The number of ketones is 1. The molecule has 5 rings (SSSR count). The minimum atomic E-state index is -3.64. The van der Waals surface area contributed by atoms with Crippen LogP contribution in [0.15, 0.2) is 41.8 Å². The Hall–Kier alpha value is -2.19. The summed E-state index contributed by atoms with van der Waals surface area (Å²) >= 11 is 0. The van der Waals surface area contributed by atoms with Crippen LogP contribution in [0.1, 0.15) is 37.7 Å². The van der Waals surface area contributed by atoms with Crippen LogP contribution in [0.4, 0.5) is 0 Å². The van der Waals surface area contributed by atoms with Gasteiger partial charge in [0.25, 0.3) is 10.0 Å². The van der Waals surface area contributed by atoms with E-state index in [1.165, 1.54) is 6.33 Å². The summed E-state index contributed by atoms with van der Waals surface area (Å²) in [6.07, 6.45) is 8.00. The highest BCUT2D eigenvalue weighted by atomic mass is 32.2. The first-order valence-electron chi connectivity index (χ1n) is 11.5. The van der Waals surface area contributed by atoms with Gasteiger partial charge >= 0.3 is 0 Å². The maximum absolute atomic E-state index is 13.4. The predicted molar refractivity (Wildman–Crippen MR) is 120 cm³/mol. The van der Waals surface area contributed by atoms with E-state index in [4.69, 9.17) is 4.74 Å². The first-order chi connectivity index (χ1) is 15.4. The van der Waals surface area contributed by atoms with Crippen molar-refractivity contribution in [1.29, 1.82) is 0 Å². The quantitative estimate of drug-likeness (QED) is 0.689. The molecule has 0 bridgehead atoms. The van der Waals surface area contributed by atoms with Crippen molar-refractivity contribution >= 4 is 15.8 Å². The van der Waals surface area contributed by atoms with Gasteiger partial charge < -0.3 is 9.30 Å². The number of hydrogen-bond acceptors (Lipinski definition) is 5. The van der Waals surface area contributed by atoms with Gasteiger partial charge in [-0.05, 0) is 61.1 Å². The zero-order chi connectivity index (χ0) is 22.5. The molecule has 1 aromatic heterocycles. The molecule has 3 fully saturated rings. The number of sulfonamides is 1. The van der Waals surface area contributed by atoms with Gasteiger partial charge in [-0.2, -0.15) is 4.31 Å². The third-order valence-corrected chi connectivity index (χ3v) is 9.68. The molecular formula is C24H31N3O4S. The lowest BCUT2D eigenvalue weighted by Gasteiger charge is -2.54. The lowest BCUT2D eigenvalue weighted by molar-refractivity contribution is -0.136. The van der Waals surface area contributed by atoms with Crippen LogP contribution in [0, 0.1) is 23.7 Å². The molecule has 3 aliphatic rings. The van der Waals surface area contributed by atoms with Crippen molar-refractivity contribution in [1.82, 2.24) is 13.9 Å². The number of aryl methyl sites for hydroxylation is 1. The van der Waals surface area contributed by atoms with Crippen LogP contribution in [-0.4, -0.2) is 47.8 Å². The van der Waals surface area contributed by atoms with Crippen LogP contribution in [0.3, 0.4) is 0 Å². The molecule has 2 aromatic rings. The Morgan fingerprint density at radius 3 is 2.62 bits per heavy atom. The van der Waals surface area contributed by atoms with Crippen LogP contribution >= 0.6 is 0 Å². The summed E-state index contributed by atoms with van der Waals surface area (Å²) in [6.45, 7) is 0.480. The second kappa shape index (κ2) is 8.30. The molecule has 0 unspecified atom stereocenters. The molecule has 2 saturated carbocycles. The largest absolute Gasteiger partial charge is 0.497 e. The van der Waals surface area contributed by atoms with Crippen molar-refractivity contribution in [2.45, 2.75) is 49.6 Å². The number of Topliss-reactive ketones (excluding diaryl/α,β-unsaturated/α-hetero) is 1. The van der Waals surface area contributed by atoms with Crippen molar-refractivity contribution in [3.63, 3.8) is 0 Å². The molecule has 0 radical (unpaired) electrons. The third kappa shape index (κ3) is 3.67. The minimum absolute atomic E-state index is 0.0361. The number of carbonyl (C=O) groups excluding carboxylic acids is 1. The molecule has 1 saturated heterocycles. The Balaban J connectivity index is 1.42. The molecule has 1 aromatic carbocycles. The van der Waals surface area contributed by atoms with E-state index in [0.29, 0.717) is 24.7 Å². The zero-order valence-electron chi connectivity index (χ0n) is 18.7. The second-order valence-electron chi connectivity index (χ2n) is 9.61. The number of ether oxygens (including phenoxy) is 1. The highest BCUT2D eigenvalue weighted by molar-refractivity contribution is 7.89. The molecule has 5 atom stereocenters. The van der Waals surface area contributed by atoms with Gasteiger partial charge in [0.1, 0.15) is 11.5 Å². The number of hydrogen-bond donors (Lipinski definition) is 0. The SMILES string of the molecule is COc1ccc(C[C@@H]2C(=O)C[C@H]3CCN(S(=O)(=O)c4cn(C)cn4)[C@H]4CCC[C@@H]2[C@H]34)cc1. The third-order valence-electron chi connectivity index (χ3n) is 7.87. The fraction of sp³-hybridized carbons (Fsp3) is 0.583. The number of rotatable bonds is 5. The van der Waals surface area contributed by atoms with Crippen molar-refractivity contribution in [2.24, 2.45) is 30.7 Å². The van der Waals surface area contributed by atoms with Crippen molar-refractivity contribution in [3.05, 3.63) is 42.4 Å². The first-order valence-corrected chi connectivity index (χ1v) is 13.0. The van der Waals surface area contributed by atoms with E-state index in [-0.39, 0.29) is 28.8 Å². The van der Waals surface area contributed by atoms with E-state index >= 15 is 0 Å². The van der Waals surface area contributed by atoms with Gasteiger partial charge in [0.15, 0.2) is 5.03 Å². The molecule has 7 nitrogen and oxygen atoms in total. The molecule has 0 spiro atoms. The van der Waals surface area contributed by atoms with Crippen LogP contribution in [-0.2, 0) is 28.3 Å². The lowest BCUT2D eigenvalue weighted by Crippen LogP contribution is -2.59. The van der Waals surface area contributed by atoms with E-state index < -0.39 is 10.0 Å². The van der Waals surface area contributed by atoms with Gasteiger partial charge in [-0.1, -0.05) is 18.6 Å². The van der Waals surface area contributed by atoms with Crippen molar-refractivity contribution in [2.75, 3.05) is 13.7 Å². The van der Waals surface area contributed by atoms with Crippen LogP contribution in [0.25, 0.3) is 0 Å². The highest BCUT2D eigenvalue weighted by Crippen LogP contribution is 2.52. The summed E-state index contributed by atoms with van der Waals surface area (Å²) in [5.41, 5.74) is 1.14. The molecular weight excluding hydrogens is 426 g/mol. The maximum Gasteiger partial charge on any atom is 0.262 e. The molecule has 1 aliphatic heterocycles. The summed E-state index contributed by atoms with van der Waals surface area (Å²) in [5.74, 6) is 1.91. The van der Waals surface area contributed by atoms with Crippen molar-refractivity contribution < 1.29 is 17.9 Å². The monoisotopic (exact) mass is 457 g/mol. The number of aromatic nitrogens is 2. The normalized spacial score (nSPS) is 30.7. The van der Waals surface area contributed by atoms with Gasteiger partial charge in [-0.3, -0.25) is 4.79 Å². The summed E-state index contributed by atoms with van der Waals surface area (Å²) < 4.78 is 35.5. The second-order valence-corrected chi connectivity index (χ2v) is 11.4. The highest BCUT2D eigenvalue weighted by Gasteiger charge is 2.54. The maximum atomic E-state index is 13.4. The molecule has 2 heterocycles. The summed E-state index contributed by atoms with van der Waals surface area (Å²) in [4.78, 5) is 17.3. The number of piperidine rings is 1. The number of nitrogens with zero attached hydrogens (tertiary/aromatic N) is 3. The van der Waals surface area contributed by atoms with Gasteiger partial charge in [0.05, 0.1) is 13.4 Å². The standard InChI is InChI=1S/C24H31N3O4S/c1-26-14-23(25-15-26)32(29,30)27-11-10-17-13-22(28)20(19-4-3-5-21(27)24(17)19)12-16-6-8-18(31-2)9-7-16/h6-9,14-15,17,19-21,24H,3-5,10-13H2,1-2H3/t17-,19+,20+,21+,24+/m1/s1. The molecule has 8 heteroatoms. The summed E-state index contributed by atoms with van der Waals surface area (Å²) in [7, 11) is -0.206. The number of carbonyl (C=O) groups is 1. The molecule has 2 aliphatic carbocycles. The Kier molecular flexibility index (Phi) is 5.61. The average molecular weight is 458 g/mol. The van der Waals surface area contributed by atoms with Crippen molar-refractivity contribution in [3.8, 4) is 5.75 Å². The summed E-state index contributed by atoms with van der Waals surface area (Å²) in [5, 5.41) is 0.127. The molecule has 32 heavy (non-hydrogen) atoms. The zero-order valence-corrected chi connectivity index (χ0v) is 19.5. The average Bonchev–Trinajstić information content (AvgIpc) is 3.24. The van der Waals surface area contributed by atoms with Gasteiger partial charge in [0, 0.05) is 38.2 Å².